The highest BCUT2D eigenvalue weighted by Gasteiger charge is 2.26. The Morgan fingerprint density at radius 3 is 2.19 bits per heavy atom. The van der Waals surface area contributed by atoms with Crippen LogP contribution in [0, 0.1) is 0 Å². The van der Waals surface area contributed by atoms with Crippen molar-refractivity contribution in [2.24, 2.45) is 0 Å². The zero-order valence-corrected chi connectivity index (χ0v) is 16.2. The molecule has 0 spiro atoms. The molecule has 2 aromatic rings. The molecule has 0 aliphatic heterocycles. The van der Waals surface area contributed by atoms with E-state index < -0.39 is 0 Å². The molecule has 0 amide bonds. The topological polar surface area (TPSA) is 29.5 Å². The molecule has 0 radical (unpaired) electrons. The Morgan fingerprint density at radius 1 is 1.00 bits per heavy atom. The molecule has 0 bridgehead atoms. The summed E-state index contributed by atoms with van der Waals surface area (Å²) >= 11 is 0. The number of ether oxygens (including phenoxy) is 1. The minimum Gasteiger partial charge on any atom is -0.466 e. The van der Waals surface area contributed by atoms with Crippen LogP contribution in [0.3, 0.4) is 0 Å². The molecule has 26 heavy (non-hydrogen) atoms. The van der Waals surface area contributed by atoms with Gasteiger partial charge in [-0.25, -0.2) is 0 Å². The van der Waals surface area contributed by atoms with Crippen molar-refractivity contribution in [3.8, 4) is 0 Å². The Kier molecular flexibility index (Phi) is 8.36. The normalized spacial score (nSPS) is 13.4. The third kappa shape index (κ3) is 5.99. The van der Waals surface area contributed by atoms with Gasteiger partial charge in [-0.2, -0.15) is 0 Å². The van der Waals surface area contributed by atoms with Gasteiger partial charge in [-0.3, -0.25) is 9.69 Å². The monoisotopic (exact) mass is 353 g/mol. The lowest BCUT2D eigenvalue weighted by Crippen LogP contribution is -2.38. The molecular weight excluding hydrogens is 322 g/mol. The molecule has 2 aromatic carbocycles. The van der Waals surface area contributed by atoms with Gasteiger partial charge in [0, 0.05) is 18.6 Å². The molecule has 2 rings (SSSR count). The molecule has 1 unspecified atom stereocenters. The Labute approximate surface area is 158 Å². The molecule has 0 aliphatic rings. The van der Waals surface area contributed by atoms with Crippen molar-refractivity contribution < 1.29 is 9.53 Å². The summed E-state index contributed by atoms with van der Waals surface area (Å²) in [6.07, 6.45) is 2.45. The lowest BCUT2D eigenvalue weighted by molar-refractivity contribution is -0.145. The minimum atomic E-state index is -0.107. The van der Waals surface area contributed by atoms with Crippen molar-refractivity contribution in [2.45, 2.75) is 58.7 Å². The van der Waals surface area contributed by atoms with Gasteiger partial charge in [-0.1, -0.05) is 74.0 Å². The number of benzene rings is 2. The van der Waals surface area contributed by atoms with Crippen LogP contribution in [0.25, 0.3) is 0 Å². The molecule has 0 saturated carbocycles. The standard InChI is InChI=1S/C23H31NO2/c1-4-12-22(17-23(25)26-5-2)24(18-20-13-8-6-9-14-20)19(3)21-15-10-7-11-16-21/h6-11,13-16,19,22H,4-5,12,17-18H2,1-3H3/t19-,22?/m0/s1. The number of hydrogen-bond donors (Lipinski definition) is 0. The van der Waals surface area contributed by atoms with E-state index in [4.69, 9.17) is 4.74 Å². The highest BCUT2D eigenvalue weighted by Crippen LogP contribution is 2.28. The quantitative estimate of drug-likeness (QED) is 0.538. The fourth-order valence-corrected chi connectivity index (χ4v) is 3.43. The van der Waals surface area contributed by atoms with E-state index in [2.05, 4.69) is 67.3 Å². The van der Waals surface area contributed by atoms with Gasteiger partial charge in [0.05, 0.1) is 13.0 Å². The lowest BCUT2D eigenvalue weighted by atomic mass is 9.99. The van der Waals surface area contributed by atoms with Crippen molar-refractivity contribution in [1.29, 1.82) is 0 Å². The van der Waals surface area contributed by atoms with Crippen LogP contribution in [0.1, 0.15) is 57.2 Å². The van der Waals surface area contributed by atoms with Gasteiger partial charge in [0.25, 0.3) is 0 Å². The molecule has 3 heteroatoms. The second-order valence-corrected chi connectivity index (χ2v) is 6.70. The van der Waals surface area contributed by atoms with E-state index in [0.717, 1.165) is 19.4 Å². The molecule has 140 valence electrons. The van der Waals surface area contributed by atoms with Crippen LogP contribution in [0.5, 0.6) is 0 Å². The van der Waals surface area contributed by atoms with Crippen LogP contribution in [0.4, 0.5) is 0 Å². The summed E-state index contributed by atoms with van der Waals surface area (Å²) in [4.78, 5) is 14.6. The third-order valence-corrected chi connectivity index (χ3v) is 4.79. The zero-order valence-electron chi connectivity index (χ0n) is 16.2. The summed E-state index contributed by atoms with van der Waals surface area (Å²) in [7, 11) is 0. The minimum absolute atomic E-state index is 0.107. The fraction of sp³-hybridized carbons (Fsp3) is 0.435. The SMILES string of the molecule is CCCC(CC(=O)OCC)N(Cc1ccccc1)[C@@H](C)c1ccccc1. The molecular formula is C23H31NO2. The van der Waals surface area contributed by atoms with E-state index in [1.807, 2.05) is 19.1 Å². The van der Waals surface area contributed by atoms with Crippen molar-refractivity contribution in [2.75, 3.05) is 6.61 Å². The molecule has 2 atom stereocenters. The summed E-state index contributed by atoms with van der Waals surface area (Å²) in [5.74, 6) is -0.107. The first-order valence-corrected chi connectivity index (χ1v) is 9.65. The average Bonchev–Trinajstić information content (AvgIpc) is 2.67. The van der Waals surface area contributed by atoms with Crippen LogP contribution >= 0.6 is 0 Å². The lowest BCUT2D eigenvalue weighted by Gasteiger charge is -2.36. The molecule has 3 nitrogen and oxygen atoms in total. The molecule has 0 saturated heterocycles. The predicted molar refractivity (Wildman–Crippen MR) is 107 cm³/mol. The maximum atomic E-state index is 12.2. The summed E-state index contributed by atoms with van der Waals surface area (Å²) < 4.78 is 5.24. The second-order valence-electron chi connectivity index (χ2n) is 6.70. The maximum absolute atomic E-state index is 12.2. The number of esters is 1. The molecule has 0 N–H and O–H groups in total. The van der Waals surface area contributed by atoms with Crippen molar-refractivity contribution in [3.05, 3.63) is 71.8 Å². The first kappa shape index (κ1) is 20.2. The van der Waals surface area contributed by atoms with Crippen LogP contribution < -0.4 is 0 Å². The Morgan fingerprint density at radius 2 is 1.62 bits per heavy atom. The second kappa shape index (κ2) is 10.8. The largest absolute Gasteiger partial charge is 0.466 e. The molecule has 0 heterocycles. The highest BCUT2D eigenvalue weighted by molar-refractivity contribution is 5.70. The van der Waals surface area contributed by atoms with Gasteiger partial charge < -0.3 is 4.74 Å². The van der Waals surface area contributed by atoms with Crippen LogP contribution in [0.2, 0.25) is 0 Å². The van der Waals surface area contributed by atoms with Crippen LogP contribution in [0.15, 0.2) is 60.7 Å². The number of carbonyl (C=O) groups excluding carboxylic acids is 1. The maximum Gasteiger partial charge on any atom is 0.307 e. The number of hydrogen-bond acceptors (Lipinski definition) is 3. The average molecular weight is 354 g/mol. The van der Waals surface area contributed by atoms with Gasteiger partial charge in [-0.05, 0) is 31.4 Å². The number of rotatable bonds is 10. The van der Waals surface area contributed by atoms with E-state index in [0.29, 0.717) is 13.0 Å². The number of carbonyl (C=O) groups is 1. The van der Waals surface area contributed by atoms with Gasteiger partial charge in [0.2, 0.25) is 0 Å². The van der Waals surface area contributed by atoms with Gasteiger partial charge in [0.15, 0.2) is 0 Å². The summed E-state index contributed by atoms with van der Waals surface area (Å²) in [5.41, 5.74) is 2.54. The van der Waals surface area contributed by atoms with Crippen molar-refractivity contribution in [3.63, 3.8) is 0 Å². The Bertz CT molecular complexity index is 642. The third-order valence-electron chi connectivity index (χ3n) is 4.79. The first-order chi connectivity index (χ1) is 12.7. The van der Waals surface area contributed by atoms with Crippen molar-refractivity contribution >= 4 is 5.97 Å². The van der Waals surface area contributed by atoms with E-state index >= 15 is 0 Å². The van der Waals surface area contributed by atoms with Gasteiger partial charge in [-0.15, -0.1) is 0 Å². The van der Waals surface area contributed by atoms with Crippen LogP contribution in [-0.4, -0.2) is 23.5 Å². The summed E-state index contributed by atoms with van der Waals surface area (Å²) in [5, 5.41) is 0. The summed E-state index contributed by atoms with van der Waals surface area (Å²) in [6.45, 7) is 7.52. The smallest absolute Gasteiger partial charge is 0.307 e. The molecule has 0 aliphatic carbocycles. The fourth-order valence-electron chi connectivity index (χ4n) is 3.43. The first-order valence-electron chi connectivity index (χ1n) is 9.65. The Balaban J connectivity index is 2.28. The number of nitrogens with zero attached hydrogens (tertiary/aromatic N) is 1. The predicted octanol–water partition coefficient (Wildman–Crippen LogP) is 5.37. The molecule has 0 aromatic heterocycles. The van der Waals surface area contributed by atoms with E-state index in [1.54, 1.807) is 0 Å². The Hall–Kier alpha value is -2.13. The van der Waals surface area contributed by atoms with Crippen molar-refractivity contribution in [1.82, 2.24) is 4.90 Å². The highest BCUT2D eigenvalue weighted by atomic mass is 16.5. The zero-order chi connectivity index (χ0) is 18.8. The molecule has 0 fully saturated rings. The van der Waals surface area contributed by atoms with E-state index in [9.17, 15) is 4.79 Å². The van der Waals surface area contributed by atoms with E-state index in [1.165, 1.54) is 11.1 Å². The summed E-state index contributed by atoms with van der Waals surface area (Å²) in [6, 6.07) is 21.4. The van der Waals surface area contributed by atoms with Crippen LogP contribution in [-0.2, 0) is 16.1 Å². The van der Waals surface area contributed by atoms with E-state index in [-0.39, 0.29) is 18.1 Å². The van der Waals surface area contributed by atoms with Gasteiger partial charge >= 0.3 is 5.97 Å². The van der Waals surface area contributed by atoms with Gasteiger partial charge in [0.1, 0.15) is 0 Å².